The van der Waals surface area contributed by atoms with Crippen LogP contribution in [0.25, 0.3) is 0 Å². The third-order valence-electron chi connectivity index (χ3n) is 2.79. The van der Waals surface area contributed by atoms with Crippen LogP contribution in [-0.4, -0.2) is 30.8 Å². The summed E-state index contributed by atoms with van der Waals surface area (Å²) >= 11 is 0. The number of hydrogen-bond donors (Lipinski definition) is 1. The molecular weight excluding hydrogens is 282 g/mol. The van der Waals surface area contributed by atoms with Crippen molar-refractivity contribution in [3.63, 3.8) is 0 Å². The van der Waals surface area contributed by atoms with Crippen LogP contribution in [0.2, 0.25) is 0 Å². The molecule has 0 aliphatic carbocycles. The standard InChI is InChI=1S/C13H13NO5S/c1-14(8-10-6-7-19-9-10)20(17,18)12-5-3-2-4-11(12)13(15)16/h2-7,9H,8H2,1H3,(H,15,16). The lowest BCUT2D eigenvalue weighted by atomic mass is 10.2. The first-order valence-corrected chi connectivity index (χ1v) is 7.16. The van der Waals surface area contributed by atoms with Crippen molar-refractivity contribution in [1.82, 2.24) is 4.31 Å². The van der Waals surface area contributed by atoms with Gasteiger partial charge in [0.25, 0.3) is 0 Å². The Morgan fingerprint density at radius 1 is 1.30 bits per heavy atom. The normalized spacial score (nSPS) is 11.7. The van der Waals surface area contributed by atoms with Crippen LogP contribution in [-0.2, 0) is 16.6 Å². The molecule has 106 valence electrons. The average Bonchev–Trinajstić information content (AvgIpc) is 2.91. The van der Waals surface area contributed by atoms with E-state index in [1.54, 1.807) is 6.07 Å². The molecule has 1 aromatic heterocycles. The Balaban J connectivity index is 2.37. The van der Waals surface area contributed by atoms with Crippen molar-refractivity contribution in [3.05, 3.63) is 54.0 Å². The zero-order valence-corrected chi connectivity index (χ0v) is 11.5. The van der Waals surface area contributed by atoms with E-state index in [-0.39, 0.29) is 17.0 Å². The van der Waals surface area contributed by atoms with E-state index in [9.17, 15) is 13.2 Å². The van der Waals surface area contributed by atoms with Gasteiger partial charge in [-0.05, 0) is 18.2 Å². The van der Waals surface area contributed by atoms with Gasteiger partial charge in [0.2, 0.25) is 10.0 Å². The predicted molar refractivity (Wildman–Crippen MR) is 70.8 cm³/mol. The Kier molecular flexibility index (Phi) is 3.91. The quantitative estimate of drug-likeness (QED) is 0.908. The number of carboxylic acid groups (broad SMARTS) is 1. The second-order valence-corrected chi connectivity index (χ2v) is 6.21. The average molecular weight is 295 g/mol. The number of carbonyl (C=O) groups is 1. The van der Waals surface area contributed by atoms with Crippen LogP contribution in [0, 0.1) is 0 Å². The summed E-state index contributed by atoms with van der Waals surface area (Å²) in [5, 5.41) is 9.07. The van der Waals surface area contributed by atoms with E-state index >= 15 is 0 Å². The number of sulfonamides is 1. The molecule has 0 saturated heterocycles. The third-order valence-corrected chi connectivity index (χ3v) is 4.65. The summed E-state index contributed by atoms with van der Waals surface area (Å²) in [4.78, 5) is 10.9. The highest BCUT2D eigenvalue weighted by molar-refractivity contribution is 7.89. The Hall–Kier alpha value is -2.12. The molecule has 0 amide bonds. The first-order valence-electron chi connectivity index (χ1n) is 5.72. The molecule has 0 fully saturated rings. The number of furan rings is 1. The summed E-state index contributed by atoms with van der Waals surface area (Å²) in [6.07, 6.45) is 2.89. The van der Waals surface area contributed by atoms with Gasteiger partial charge in [0.1, 0.15) is 0 Å². The van der Waals surface area contributed by atoms with Gasteiger partial charge in [-0.1, -0.05) is 12.1 Å². The topological polar surface area (TPSA) is 87.8 Å². The van der Waals surface area contributed by atoms with E-state index < -0.39 is 16.0 Å². The smallest absolute Gasteiger partial charge is 0.337 e. The predicted octanol–water partition coefficient (Wildman–Crippen LogP) is 1.80. The van der Waals surface area contributed by atoms with Crippen LogP contribution < -0.4 is 0 Å². The van der Waals surface area contributed by atoms with Gasteiger partial charge < -0.3 is 9.52 Å². The number of hydrogen-bond acceptors (Lipinski definition) is 4. The summed E-state index contributed by atoms with van der Waals surface area (Å²) in [6.45, 7) is 0.104. The van der Waals surface area contributed by atoms with E-state index in [0.29, 0.717) is 5.56 Å². The lowest BCUT2D eigenvalue weighted by Crippen LogP contribution is -2.27. The highest BCUT2D eigenvalue weighted by Gasteiger charge is 2.26. The fourth-order valence-electron chi connectivity index (χ4n) is 1.76. The van der Waals surface area contributed by atoms with Crippen LogP contribution in [0.1, 0.15) is 15.9 Å². The van der Waals surface area contributed by atoms with Gasteiger partial charge in [0.05, 0.1) is 23.0 Å². The minimum absolute atomic E-state index is 0.104. The Morgan fingerprint density at radius 2 is 2.00 bits per heavy atom. The molecule has 20 heavy (non-hydrogen) atoms. The molecule has 0 unspecified atom stereocenters. The summed E-state index contributed by atoms with van der Waals surface area (Å²) in [5.41, 5.74) is 0.440. The molecule has 0 saturated carbocycles. The maximum Gasteiger partial charge on any atom is 0.337 e. The molecule has 1 aromatic carbocycles. The van der Waals surface area contributed by atoms with E-state index in [4.69, 9.17) is 9.52 Å². The number of aromatic carboxylic acids is 1. The van der Waals surface area contributed by atoms with Crippen LogP contribution >= 0.6 is 0 Å². The molecule has 1 heterocycles. The Bertz CT molecular complexity index is 706. The number of carboxylic acids is 1. The fraction of sp³-hybridized carbons (Fsp3) is 0.154. The van der Waals surface area contributed by atoms with Crippen LogP contribution in [0.3, 0.4) is 0 Å². The monoisotopic (exact) mass is 295 g/mol. The fourth-order valence-corrected chi connectivity index (χ4v) is 3.10. The first kappa shape index (κ1) is 14.3. The maximum absolute atomic E-state index is 12.4. The Morgan fingerprint density at radius 3 is 2.60 bits per heavy atom. The van der Waals surface area contributed by atoms with E-state index in [2.05, 4.69) is 0 Å². The molecule has 2 rings (SSSR count). The molecule has 6 nitrogen and oxygen atoms in total. The van der Waals surface area contributed by atoms with Gasteiger partial charge in [0.15, 0.2) is 0 Å². The third kappa shape index (κ3) is 2.73. The second-order valence-electron chi connectivity index (χ2n) is 4.19. The van der Waals surface area contributed by atoms with Gasteiger partial charge in [-0.15, -0.1) is 0 Å². The molecule has 1 N–H and O–H groups in total. The zero-order valence-electron chi connectivity index (χ0n) is 10.7. The molecule has 0 aliphatic heterocycles. The molecule has 0 atom stereocenters. The summed E-state index contributed by atoms with van der Waals surface area (Å²) in [6, 6.07) is 7.17. The minimum Gasteiger partial charge on any atom is -0.478 e. The lowest BCUT2D eigenvalue weighted by molar-refractivity contribution is 0.0692. The molecule has 0 radical (unpaired) electrons. The minimum atomic E-state index is -3.88. The SMILES string of the molecule is CN(Cc1ccoc1)S(=O)(=O)c1ccccc1C(=O)O. The van der Waals surface area contributed by atoms with Crippen LogP contribution in [0.4, 0.5) is 0 Å². The van der Waals surface area contributed by atoms with Crippen molar-refractivity contribution < 1.29 is 22.7 Å². The first-order chi connectivity index (χ1) is 9.43. The molecule has 2 aromatic rings. The van der Waals surface area contributed by atoms with Gasteiger partial charge in [-0.2, -0.15) is 4.31 Å². The largest absolute Gasteiger partial charge is 0.478 e. The molecule has 0 bridgehead atoms. The molecule has 0 aliphatic rings. The van der Waals surface area contributed by atoms with Crippen molar-refractivity contribution >= 4 is 16.0 Å². The number of nitrogens with zero attached hydrogens (tertiary/aromatic N) is 1. The van der Waals surface area contributed by atoms with E-state index in [1.807, 2.05) is 0 Å². The van der Waals surface area contributed by atoms with Gasteiger partial charge in [0, 0.05) is 19.2 Å². The van der Waals surface area contributed by atoms with Crippen molar-refractivity contribution in [3.8, 4) is 0 Å². The summed E-state index contributed by atoms with van der Waals surface area (Å²) in [7, 11) is -2.49. The molecule has 7 heteroatoms. The molecule has 0 spiro atoms. The number of rotatable bonds is 5. The maximum atomic E-state index is 12.4. The molecular formula is C13H13NO5S. The van der Waals surface area contributed by atoms with Crippen molar-refractivity contribution in [2.75, 3.05) is 7.05 Å². The Labute approximate surface area is 116 Å². The van der Waals surface area contributed by atoms with Crippen molar-refractivity contribution in [2.45, 2.75) is 11.4 Å². The van der Waals surface area contributed by atoms with Crippen molar-refractivity contribution in [2.24, 2.45) is 0 Å². The van der Waals surface area contributed by atoms with Crippen LogP contribution in [0.5, 0.6) is 0 Å². The second kappa shape index (κ2) is 5.48. The summed E-state index contributed by atoms with van der Waals surface area (Å²) in [5.74, 6) is -1.28. The highest BCUT2D eigenvalue weighted by Crippen LogP contribution is 2.21. The van der Waals surface area contributed by atoms with Gasteiger partial charge in [-0.3, -0.25) is 0 Å². The van der Waals surface area contributed by atoms with E-state index in [1.165, 1.54) is 43.8 Å². The van der Waals surface area contributed by atoms with Crippen molar-refractivity contribution in [1.29, 1.82) is 0 Å². The number of benzene rings is 1. The van der Waals surface area contributed by atoms with Gasteiger partial charge >= 0.3 is 5.97 Å². The highest BCUT2D eigenvalue weighted by atomic mass is 32.2. The van der Waals surface area contributed by atoms with E-state index in [0.717, 1.165) is 4.31 Å². The van der Waals surface area contributed by atoms with Crippen LogP contribution in [0.15, 0.2) is 52.2 Å². The van der Waals surface area contributed by atoms with Gasteiger partial charge in [-0.25, -0.2) is 13.2 Å². The lowest BCUT2D eigenvalue weighted by Gasteiger charge is -2.17. The zero-order chi connectivity index (χ0) is 14.8. The summed E-state index contributed by atoms with van der Waals surface area (Å²) < 4.78 is 30.8.